The lowest BCUT2D eigenvalue weighted by Gasteiger charge is -2.41. The molecule has 2 aliphatic rings. The van der Waals surface area contributed by atoms with Crippen LogP contribution in [0.2, 0.25) is 5.15 Å². The monoisotopic (exact) mass is 540 g/mol. The summed E-state index contributed by atoms with van der Waals surface area (Å²) in [4.78, 5) is 44.2. The minimum absolute atomic E-state index is 0.0594. The number of fused-ring (bicyclic) bond motifs is 2. The molecule has 5 rings (SSSR count). The maximum atomic E-state index is 13.8. The van der Waals surface area contributed by atoms with Gasteiger partial charge in [0.25, 0.3) is 0 Å². The van der Waals surface area contributed by atoms with Crippen LogP contribution < -0.4 is 15.3 Å². The molecule has 1 saturated heterocycles. The first-order chi connectivity index (χ1) is 17.9. The lowest BCUT2D eigenvalue weighted by atomic mass is 10.0. The lowest BCUT2D eigenvalue weighted by Crippen LogP contribution is -2.57. The van der Waals surface area contributed by atoms with Crippen LogP contribution in [0.5, 0.6) is 5.75 Å². The average Bonchev–Trinajstić information content (AvgIpc) is 2.99. The van der Waals surface area contributed by atoms with Gasteiger partial charge in [-0.25, -0.2) is 19.1 Å². The summed E-state index contributed by atoms with van der Waals surface area (Å²) >= 11 is 6.61. The topological polar surface area (TPSA) is 103 Å². The maximum absolute atomic E-state index is 13.8. The molecule has 0 aliphatic carbocycles. The second kappa shape index (κ2) is 9.41. The summed E-state index contributed by atoms with van der Waals surface area (Å²) in [5, 5.41) is 0.873. The molecule has 0 saturated carbocycles. The van der Waals surface area contributed by atoms with E-state index < -0.39 is 11.3 Å². The van der Waals surface area contributed by atoms with E-state index in [1.807, 2.05) is 59.4 Å². The van der Waals surface area contributed by atoms with E-state index in [1.165, 1.54) is 4.57 Å². The Kier molecular flexibility index (Phi) is 6.49. The van der Waals surface area contributed by atoms with Crippen molar-refractivity contribution in [3.05, 3.63) is 44.7 Å². The summed E-state index contributed by atoms with van der Waals surface area (Å²) in [6.07, 6.45) is 1.37. The minimum Gasteiger partial charge on any atom is -0.490 e. The number of hydrogen-bond donors (Lipinski definition) is 0. The van der Waals surface area contributed by atoms with Crippen molar-refractivity contribution in [2.24, 2.45) is 0 Å². The normalized spacial score (nSPS) is 17.3. The van der Waals surface area contributed by atoms with Crippen LogP contribution in [0.1, 0.15) is 57.4 Å². The largest absolute Gasteiger partial charge is 0.490 e. The molecule has 2 aliphatic heterocycles. The first kappa shape index (κ1) is 26.2. The quantitative estimate of drug-likeness (QED) is 0.441. The fourth-order valence-electron chi connectivity index (χ4n) is 5.09. The van der Waals surface area contributed by atoms with Crippen molar-refractivity contribution >= 4 is 34.5 Å². The molecule has 1 fully saturated rings. The Bertz CT molecular complexity index is 1500. The molecule has 0 spiro atoms. The van der Waals surface area contributed by atoms with Crippen molar-refractivity contribution < 1.29 is 14.3 Å². The van der Waals surface area contributed by atoms with Crippen LogP contribution in [0.3, 0.4) is 0 Å². The number of hydrogen-bond acceptors (Lipinski definition) is 8. The highest BCUT2D eigenvalue weighted by atomic mass is 35.5. The number of carbonyl (C=O) groups is 1. The lowest BCUT2D eigenvalue weighted by molar-refractivity contribution is 0.0202. The summed E-state index contributed by atoms with van der Waals surface area (Å²) in [6.45, 7) is 14.9. The van der Waals surface area contributed by atoms with E-state index in [0.29, 0.717) is 53.5 Å². The van der Waals surface area contributed by atoms with Gasteiger partial charge in [0.2, 0.25) is 0 Å². The van der Waals surface area contributed by atoms with Crippen LogP contribution in [0, 0.1) is 13.8 Å². The van der Waals surface area contributed by atoms with Gasteiger partial charge in [-0.05, 0) is 52.2 Å². The third-order valence-corrected chi connectivity index (χ3v) is 7.25. The number of nitrogens with zero attached hydrogens (tertiary/aromatic N) is 6. The van der Waals surface area contributed by atoms with E-state index in [4.69, 9.17) is 21.1 Å². The molecular formula is C27H33ClN6O4. The van der Waals surface area contributed by atoms with Gasteiger partial charge >= 0.3 is 11.8 Å². The summed E-state index contributed by atoms with van der Waals surface area (Å²) in [5.41, 5.74) is 2.27. The number of halogens is 1. The average molecular weight is 541 g/mol. The van der Waals surface area contributed by atoms with Gasteiger partial charge in [-0.15, -0.1) is 0 Å². The number of carbonyl (C=O) groups excluding carboxylic acids is 1. The Balaban J connectivity index is 1.69. The van der Waals surface area contributed by atoms with Crippen LogP contribution in [0.15, 0.2) is 17.1 Å². The molecule has 0 unspecified atom stereocenters. The van der Waals surface area contributed by atoms with E-state index in [9.17, 15) is 9.59 Å². The van der Waals surface area contributed by atoms with E-state index >= 15 is 0 Å². The number of anilines is 1. The first-order valence-electron chi connectivity index (χ1n) is 12.8. The van der Waals surface area contributed by atoms with Gasteiger partial charge in [0.15, 0.2) is 5.65 Å². The Labute approximate surface area is 226 Å². The van der Waals surface area contributed by atoms with Gasteiger partial charge in [-0.2, -0.15) is 4.98 Å². The van der Waals surface area contributed by atoms with Crippen molar-refractivity contribution in [3.63, 3.8) is 0 Å². The summed E-state index contributed by atoms with van der Waals surface area (Å²) in [6, 6.07) is 1.63. The van der Waals surface area contributed by atoms with Gasteiger partial charge in [0.1, 0.15) is 34.3 Å². The SMILES string of the molecule is Cc1ccnc(C(C)C)c1-n1c(=O)nc2c3c(c(C)c(Cl)nc31)OC[C@H]1CN(C(=O)OC(C)(C)C)CCN21. The predicted molar refractivity (Wildman–Crippen MR) is 146 cm³/mol. The van der Waals surface area contributed by atoms with Crippen molar-refractivity contribution in [1.29, 1.82) is 0 Å². The number of ether oxygens (including phenoxy) is 2. The van der Waals surface area contributed by atoms with E-state index in [1.54, 1.807) is 11.1 Å². The Morgan fingerprint density at radius 1 is 1.21 bits per heavy atom. The molecule has 0 bridgehead atoms. The van der Waals surface area contributed by atoms with Crippen molar-refractivity contribution in [3.8, 4) is 11.4 Å². The molecular weight excluding hydrogens is 508 g/mol. The molecule has 38 heavy (non-hydrogen) atoms. The van der Waals surface area contributed by atoms with Crippen molar-refractivity contribution in [2.75, 3.05) is 31.1 Å². The van der Waals surface area contributed by atoms with Crippen LogP contribution in [0.25, 0.3) is 16.7 Å². The smallest absolute Gasteiger partial charge is 0.410 e. The zero-order chi connectivity index (χ0) is 27.5. The molecule has 3 aromatic rings. The van der Waals surface area contributed by atoms with Crippen LogP contribution in [-0.2, 0) is 4.74 Å². The number of pyridine rings is 2. The van der Waals surface area contributed by atoms with Crippen molar-refractivity contribution in [1.82, 2.24) is 24.4 Å². The maximum Gasteiger partial charge on any atom is 0.410 e. The van der Waals surface area contributed by atoms with Gasteiger partial charge in [0, 0.05) is 31.4 Å². The van der Waals surface area contributed by atoms with Crippen LogP contribution in [0.4, 0.5) is 10.6 Å². The molecule has 5 heterocycles. The second-order valence-electron chi connectivity index (χ2n) is 11.2. The molecule has 0 N–H and O–H groups in total. The molecule has 11 heteroatoms. The molecule has 10 nitrogen and oxygen atoms in total. The third kappa shape index (κ3) is 4.44. The molecule has 0 radical (unpaired) electrons. The molecule has 202 valence electrons. The number of piperazine rings is 1. The van der Waals surface area contributed by atoms with E-state index in [0.717, 1.165) is 11.3 Å². The molecule has 3 aromatic heterocycles. The number of aromatic nitrogens is 4. The standard InChI is InChI=1S/C27H33ClN6O4/c1-14(2)19-20(15(3)8-9-29-19)34-24-18-21(16(4)22(28)30-24)37-13-17-12-32(26(36)38-27(5,6)7)10-11-33(17)23(18)31-25(34)35/h8-9,14,17H,10-13H2,1-7H3/t17-/m1/s1. The minimum atomic E-state index is -0.596. The Morgan fingerprint density at radius 3 is 2.63 bits per heavy atom. The van der Waals surface area contributed by atoms with Gasteiger partial charge in [-0.3, -0.25) is 4.98 Å². The van der Waals surface area contributed by atoms with Gasteiger partial charge in [-0.1, -0.05) is 25.4 Å². The molecule has 0 aromatic carbocycles. The fourth-order valence-corrected chi connectivity index (χ4v) is 5.26. The van der Waals surface area contributed by atoms with Gasteiger partial charge in [0.05, 0.1) is 17.4 Å². The highest BCUT2D eigenvalue weighted by Gasteiger charge is 2.38. The summed E-state index contributed by atoms with van der Waals surface area (Å²) < 4.78 is 13.5. The Morgan fingerprint density at radius 2 is 1.95 bits per heavy atom. The summed E-state index contributed by atoms with van der Waals surface area (Å²) in [5.74, 6) is 1.09. The molecule has 1 amide bonds. The fraction of sp³-hybridized carbons (Fsp3) is 0.519. The third-order valence-electron chi connectivity index (χ3n) is 6.88. The van der Waals surface area contributed by atoms with Crippen molar-refractivity contribution in [2.45, 2.75) is 66.0 Å². The van der Waals surface area contributed by atoms with Crippen LogP contribution >= 0.6 is 11.6 Å². The van der Waals surface area contributed by atoms with E-state index in [2.05, 4.69) is 15.0 Å². The van der Waals surface area contributed by atoms with Crippen LogP contribution in [-0.4, -0.2) is 68.4 Å². The predicted octanol–water partition coefficient (Wildman–Crippen LogP) is 4.39. The highest BCUT2D eigenvalue weighted by Crippen LogP contribution is 2.41. The Hall–Kier alpha value is -3.40. The van der Waals surface area contributed by atoms with Gasteiger partial charge < -0.3 is 19.3 Å². The summed E-state index contributed by atoms with van der Waals surface area (Å²) in [7, 11) is 0. The zero-order valence-electron chi connectivity index (χ0n) is 22.8. The highest BCUT2D eigenvalue weighted by molar-refractivity contribution is 6.31. The number of rotatable bonds is 2. The van der Waals surface area contributed by atoms with E-state index in [-0.39, 0.29) is 29.8 Å². The second-order valence-corrected chi connectivity index (χ2v) is 11.6. The first-order valence-corrected chi connectivity index (χ1v) is 13.2. The number of aryl methyl sites for hydroxylation is 1. The molecule has 1 atom stereocenters. The number of amides is 1. The zero-order valence-corrected chi connectivity index (χ0v) is 23.6.